The van der Waals surface area contributed by atoms with E-state index < -0.39 is 0 Å². The summed E-state index contributed by atoms with van der Waals surface area (Å²) in [5, 5.41) is 0. The molecule has 0 aromatic heterocycles. The van der Waals surface area contributed by atoms with E-state index in [0.29, 0.717) is 17.7 Å². The number of nitrogens with zero attached hydrogens (tertiary/aromatic N) is 1. The Balaban J connectivity index is 1.53. The van der Waals surface area contributed by atoms with Gasteiger partial charge in [-0.1, -0.05) is 25.7 Å². The molecular formula is C15H25NO. The third-order valence-electron chi connectivity index (χ3n) is 5.24. The molecule has 2 heterocycles. The van der Waals surface area contributed by atoms with E-state index in [1.807, 2.05) is 0 Å². The van der Waals surface area contributed by atoms with Crippen LogP contribution in [0.25, 0.3) is 0 Å². The van der Waals surface area contributed by atoms with E-state index in [4.69, 9.17) is 0 Å². The zero-order valence-corrected chi connectivity index (χ0v) is 10.9. The van der Waals surface area contributed by atoms with Crippen molar-refractivity contribution in [3.05, 3.63) is 0 Å². The van der Waals surface area contributed by atoms with E-state index in [9.17, 15) is 4.79 Å². The molecule has 0 radical (unpaired) electrons. The molecule has 3 rings (SSSR count). The van der Waals surface area contributed by atoms with Gasteiger partial charge in [0.25, 0.3) is 0 Å². The molecule has 0 amide bonds. The molecule has 2 saturated heterocycles. The molecule has 3 fully saturated rings. The number of Topliss-reactive ketones (excluding diaryl/α,β-unsaturated/α-hetero) is 1. The number of hydrogen-bond acceptors (Lipinski definition) is 2. The number of rotatable bonds is 3. The minimum Gasteiger partial charge on any atom is -0.299 e. The van der Waals surface area contributed by atoms with E-state index in [0.717, 1.165) is 25.3 Å². The summed E-state index contributed by atoms with van der Waals surface area (Å²) in [6.07, 6.45) is 11.7. The Kier molecular flexibility index (Phi) is 3.51. The number of fused-ring (bicyclic) bond motifs is 2. The largest absolute Gasteiger partial charge is 0.299 e. The van der Waals surface area contributed by atoms with Gasteiger partial charge in [-0.25, -0.2) is 0 Å². The molecule has 3 aliphatic rings. The maximum Gasteiger partial charge on any atom is 0.138 e. The van der Waals surface area contributed by atoms with Crippen molar-refractivity contribution >= 4 is 5.78 Å². The summed E-state index contributed by atoms with van der Waals surface area (Å²) in [5.74, 6) is 1.94. The minimum absolute atomic E-state index is 0.395. The van der Waals surface area contributed by atoms with Crippen molar-refractivity contribution in [1.29, 1.82) is 0 Å². The fourth-order valence-corrected chi connectivity index (χ4v) is 4.14. The highest BCUT2D eigenvalue weighted by atomic mass is 16.1. The molecular weight excluding hydrogens is 210 g/mol. The Bertz CT molecular complexity index is 283. The van der Waals surface area contributed by atoms with Crippen LogP contribution in [0.2, 0.25) is 0 Å². The van der Waals surface area contributed by atoms with Gasteiger partial charge in [0.05, 0.1) is 0 Å². The van der Waals surface area contributed by atoms with Gasteiger partial charge in [0.1, 0.15) is 5.78 Å². The summed E-state index contributed by atoms with van der Waals surface area (Å²) < 4.78 is 0. The summed E-state index contributed by atoms with van der Waals surface area (Å²) in [6, 6.07) is 0.597. The molecule has 2 aliphatic heterocycles. The highest BCUT2D eigenvalue weighted by Crippen LogP contribution is 2.33. The fraction of sp³-hybridized carbons (Fsp3) is 0.933. The predicted molar refractivity (Wildman–Crippen MR) is 68.9 cm³/mol. The first-order valence-corrected chi connectivity index (χ1v) is 7.59. The van der Waals surface area contributed by atoms with Gasteiger partial charge in [-0.15, -0.1) is 0 Å². The molecule has 2 heteroatoms. The van der Waals surface area contributed by atoms with Crippen LogP contribution in [0.3, 0.4) is 0 Å². The van der Waals surface area contributed by atoms with Crippen LogP contribution in [0.1, 0.15) is 57.8 Å². The van der Waals surface area contributed by atoms with Gasteiger partial charge < -0.3 is 0 Å². The maximum atomic E-state index is 12.0. The van der Waals surface area contributed by atoms with E-state index >= 15 is 0 Å². The minimum atomic E-state index is 0.395. The van der Waals surface area contributed by atoms with Crippen molar-refractivity contribution in [2.24, 2.45) is 11.8 Å². The Morgan fingerprint density at radius 2 is 1.88 bits per heavy atom. The molecule has 1 saturated carbocycles. The van der Waals surface area contributed by atoms with Gasteiger partial charge in [0.2, 0.25) is 0 Å². The second kappa shape index (κ2) is 5.09. The first-order valence-electron chi connectivity index (χ1n) is 7.59. The molecule has 0 aromatic carbocycles. The molecule has 17 heavy (non-hydrogen) atoms. The average Bonchev–Trinajstić information content (AvgIpc) is 2.86. The summed E-state index contributed by atoms with van der Waals surface area (Å²) in [7, 11) is 0. The Labute approximate surface area is 105 Å². The molecule has 2 bridgehead atoms. The Morgan fingerprint density at radius 1 is 1.06 bits per heavy atom. The van der Waals surface area contributed by atoms with E-state index in [1.54, 1.807) is 0 Å². The lowest BCUT2D eigenvalue weighted by Gasteiger charge is -2.42. The van der Waals surface area contributed by atoms with Crippen LogP contribution in [-0.4, -0.2) is 29.8 Å². The summed E-state index contributed by atoms with van der Waals surface area (Å²) in [4.78, 5) is 14.6. The molecule has 3 unspecified atom stereocenters. The second-order valence-electron chi connectivity index (χ2n) is 6.39. The maximum absolute atomic E-state index is 12.0. The predicted octanol–water partition coefficient (Wildman–Crippen LogP) is 3.01. The van der Waals surface area contributed by atoms with Crippen molar-refractivity contribution in [3.8, 4) is 0 Å². The molecule has 0 spiro atoms. The molecule has 2 nitrogen and oxygen atoms in total. The van der Waals surface area contributed by atoms with E-state index in [1.165, 1.54) is 51.5 Å². The van der Waals surface area contributed by atoms with Crippen molar-refractivity contribution in [3.63, 3.8) is 0 Å². The number of hydrogen-bond donors (Lipinski definition) is 0. The SMILES string of the molecule is O=C1CC(CCC2CCCC2)N2CCCC1C2. The molecule has 96 valence electrons. The highest BCUT2D eigenvalue weighted by molar-refractivity contribution is 5.82. The van der Waals surface area contributed by atoms with Gasteiger partial charge in [-0.2, -0.15) is 0 Å². The van der Waals surface area contributed by atoms with Crippen LogP contribution in [-0.2, 0) is 4.79 Å². The molecule has 0 N–H and O–H groups in total. The fourth-order valence-electron chi connectivity index (χ4n) is 4.14. The summed E-state index contributed by atoms with van der Waals surface area (Å²) in [5.41, 5.74) is 0. The van der Waals surface area contributed by atoms with Gasteiger partial charge in [-0.3, -0.25) is 9.69 Å². The Morgan fingerprint density at radius 3 is 2.71 bits per heavy atom. The molecule has 3 atom stereocenters. The van der Waals surface area contributed by atoms with Crippen LogP contribution >= 0.6 is 0 Å². The summed E-state index contributed by atoms with van der Waals surface area (Å²) in [6.45, 7) is 2.33. The first kappa shape index (κ1) is 11.7. The monoisotopic (exact) mass is 235 g/mol. The Hall–Kier alpha value is -0.370. The normalized spacial score (nSPS) is 38.6. The highest BCUT2D eigenvalue weighted by Gasteiger charge is 2.36. The zero-order valence-electron chi connectivity index (χ0n) is 10.9. The van der Waals surface area contributed by atoms with Crippen LogP contribution in [0.5, 0.6) is 0 Å². The van der Waals surface area contributed by atoms with Crippen molar-refractivity contribution in [2.45, 2.75) is 63.8 Å². The average molecular weight is 235 g/mol. The van der Waals surface area contributed by atoms with Gasteiger partial charge in [0, 0.05) is 24.9 Å². The number of ketones is 1. The van der Waals surface area contributed by atoms with E-state index in [-0.39, 0.29) is 0 Å². The first-order chi connectivity index (χ1) is 8.33. The topological polar surface area (TPSA) is 20.3 Å². The standard InChI is InChI=1S/C15H25NO/c17-15-10-14(8-7-12-4-1-2-5-12)16-9-3-6-13(15)11-16/h12-14H,1-11H2. The van der Waals surface area contributed by atoms with Gasteiger partial charge >= 0.3 is 0 Å². The zero-order chi connectivity index (χ0) is 11.7. The quantitative estimate of drug-likeness (QED) is 0.749. The van der Waals surface area contributed by atoms with E-state index in [2.05, 4.69) is 4.90 Å². The van der Waals surface area contributed by atoms with Crippen LogP contribution in [0, 0.1) is 11.8 Å². The lowest BCUT2D eigenvalue weighted by molar-refractivity contribution is -0.130. The van der Waals surface area contributed by atoms with Crippen molar-refractivity contribution < 1.29 is 4.79 Å². The van der Waals surface area contributed by atoms with Crippen LogP contribution < -0.4 is 0 Å². The smallest absolute Gasteiger partial charge is 0.138 e. The summed E-state index contributed by atoms with van der Waals surface area (Å²) >= 11 is 0. The molecule has 0 aromatic rings. The number of carbonyl (C=O) groups excluding carboxylic acids is 1. The van der Waals surface area contributed by atoms with Crippen molar-refractivity contribution in [1.82, 2.24) is 4.90 Å². The lowest BCUT2D eigenvalue weighted by atomic mass is 9.82. The lowest BCUT2D eigenvalue weighted by Crippen LogP contribution is -2.51. The number of carbonyl (C=O) groups is 1. The van der Waals surface area contributed by atoms with Crippen LogP contribution in [0.15, 0.2) is 0 Å². The van der Waals surface area contributed by atoms with Gasteiger partial charge in [-0.05, 0) is 38.1 Å². The van der Waals surface area contributed by atoms with Crippen LogP contribution in [0.4, 0.5) is 0 Å². The molecule has 1 aliphatic carbocycles. The third-order valence-corrected chi connectivity index (χ3v) is 5.24. The second-order valence-corrected chi connectivity index (χ2v) is 6.39. The third kappa shape index (κ3) is 2.57. The van der Waals surface area contributed by atoms with Gasteiger partial charge in [0.15, 0.2) is 0 Å². The van der Waals surface area contributed by atoms with Crippen molar-refractivity contribution in [2.75, 3.05) is 13.1 Å². The number of piperidine rings is 2.